The average molecular weight is 343 g/mol. The van der Waals surface area contributed by atoms with E-state index in [0.717, 1.165) is 17.6 Å². The van der Waals surface area contributed by atoms with E-state index in [9.17, 15) is 0 Å². The Labute approximate surface area is 129 Å². The van der Waals surface area contributed by atoms with E-state index < -0.39 is 0 Å². The Bertz CT molecular complexity index is 392. The van der Waals surface area contributed by atoms with Gasteiger partial charge in [-0.2, -0.15) is 11.8 Å². The number of rotatable bonds is 4. The Morgan fingerprint density at radius 2 is 2.00 bits per heavy atom. The molecule has 0 aliphatic carbocycles. The topological polar surface area (TPSA) is 15.3 Å². The Kier molecular flexibility index (Phi) is 5.60. The zero-order valence-electron chi connectivity index (χ0n) is 11.8. The van der Waals surface area contributed by atoms with Crippen LogP contribution in [0.25, 0.3) is 0 Å². The number of thioether (sulfide) groups is 1. The summed E-state index contributed by atoms with van der Waals surface area (Å²) in [6.07, 6.45) is 1.29. The van der Waals surface area contributed by atoms with Crippen LogP contribution in [0.2, 0.25) is 0 Å². The van der Waals surface area contributed by atoms with Crippen molar-refractivity contribution < 1.29 is 0 Å². The first-order valence-electron chi connectivity index (χ1n) is 6.91. The number of nitrogens with one attached hydrogen (secondary N) is 1. The standard InChI is InChI=1S/C15H23BrN2S/c1-15(2)7-9-18(11-12-19-15)10-8-17-14-5-3-13(16)4-6-14/h3-6,17H,7-12H2,1-2H3. The van der Waals surface area contributed by atoms with E-state index in [1.54, 1.807) is 0 Å². The normalized spacial score (nSPS) is 19.9. The second-order valence-corrected chi connectivity index (χ2v) is 8.35. The minimum Gasteiger partial charge on any atom is -0.384 e. The van der Waals surface area contributed by atoms with Crippen LogP contribution in [0.1, 0.15) is 20.3 Å². The second kappa shape index (κ2) is 7.00. The van der Waals surface area contributed by atoms with Crippen molar-refractivity contribution >= 4 is 33.4 Å². The molecule has 0 radical (unpaired) electrons. The zero-order chi connectivity index (χ0) is 13.7. The van der Waals surface area contributed by atoms with Crippen molar-refractivity contribution in [3.63, 3.8) is 0 Å². The summed E-state index contributed by atoms with van der Waals surface area (Å²) in [5.41, 5.74) is 1.20. The Morgan fingerprint density at radius 3 is 2.74 bits per heavy atom. The van der Waals surface area contributed by atoms with Crippen LogP contribution in [0.5, 0.6) is 0 Å². The Balaban J connectivity index is 1.72. The lowest BCUT2D eigenvalue weighted by Crippen LogP contribution is -2.31. The van der Waals surface area contributed by atoms with Gasteiger partial charge in [0.2, 0.25) is 0 Å². The van der Waals surface area contributed by atoms with Gasteiger partial charge in [-0.05, 0) is 37.2 Å². The third-order valence-corrected chi connectivity index (χ3v) is 5.43. The molecule has 1 saturated heterocycles. The van der Waals surface area contributed by atoms with Crippen LogP contribution in [0.4, 0.5) is 5.69 Å². The molecule has 19 heavy (non-hydrogen) atoms. The van der Waals surface area contributed by atoms with Gasteiger partial charge in [-0.1, -0.05) is 29.8 Å². The fourth-order valence-electron chi connectivity index (χ4n) is 2.21. The molecule has 0 spiro atoms. The van der Waals surface area contributed by atoms with Gasteiger partial charge in [0.1, 0.15) is 0 Å². The molecule has 106 valence electrons. The third kappa shape index (κ3) is 5.36. The molecule has 1 N–H and O–H groups in total. The monoisotopic (exact) mass is 342 g/mol. The molecule has 2 nitrogen and oxygen atoms in total. The minimum atomic E-state index is 0.452. The van der Waals surface area contributed by atoms with Gasteiger partial charge in [-0.3, -0.25) is 0 Å². The molecule has 1 aliphatic rings. The Hall–Kier alpha value is -0.190. The van der Waals surface area contributed by atoms with Crippen molar-refractivity contribution in [3.05, 3.63) is 28.7 Å². The SMILES string of the molecule is CC1(C)CCN(CCNc2ccc(Br)cc2)CCS1. The first kappa shape index (κ1) is 15.2. The first-order chi connectivity index (χ1) is 9.05. The summed E-state index contributed by atoms with van der Waals surface area (Å²) in [7, 11) is 0. The van der Waals surface area contributed by atoms with E-state index in [1.807, 2.05) is 0 Å². The van der Waals surface area contributed by atoms with Gasteiger partial charge in [0.25, 0.3) is 0 Å². The number of hydrogen-bond acceptors (Lipinski definition) is 3. The molecule has 1 aromatic carbocycles. The fraction of sp³-hybridized carbons (Fsp3) is 0.600. The maximum Gasteiger partial charge on any atom is 0.0341 e. The summed E-state index contributed by atoms with van der Waals surface area (Å²) in [6.45, 7) is 9.32. The summed E-state index contributed by atoms with van der Waals surface area (Å²) in [4.78, 5) is 2.58. The quantitative estimate of drug-likeness (QED) is 0.887. The summed E-state index contributed by atoms with van der Waals surface area (Å²) in [5, 5.41) is 3.49. The minimum absolute atomic E-state index is 0.452. The van der Waals surface area contributed by atoms with Gasteiger partial charge in [-0.15, -0.1) is 0 Å². The van der Waals surface area contributed by atoms with Crippen molar-refractivity contribution in [2.75, 3.05) is 37.2 Å². The molecular weight excluding hydrogens is 320 g/mol. The maximum atomic E-state index is 3.49. The predicted octanol–water partition coefficient (Wildman–Crippen LogP) is 4.08. The number of anilines is 1. The molecule has 0 aromatic heterocycles. The summed E-state index contributed by atoms with van der Waals surface area (Å²) >= 11 is 5.57. The predicted molar refractivity (Wildman–Crippen MR) is 90.2 cm³/mol. The van der Waals surface area contributed by atoms with Gasteiger partial charge in [0.05, 0.1) is 0 Å². The highest BCUT2D eigenvalue weighted by Crippen LogP contribution is 2.30. The van der Waals surface area contributed by atoms with Gasteiger partial charge < -0.3 is 10.2 Å². The van der Waals surface area contributed by atoms with Gasteiger partial charge in [-0.25, -0.2) is 0 Å². The molecule has 1 aliphatic heterocycles. The number of nitrogens with zero attached hydrogens (tertiary/aromatic N) is 1. The number of hydrogen-bond donors (Lipinski definition) is 1. The van der Waals surface area contributed by atoms with Crippen LogP contribution < -0.4 is 5.32 Å². The van der Waals surface area contributed by atoms with Crippen LogP contribution in [0.15, 0.2) is 28.7 Å². The molecule has 1 aromatic rings. The summed E-state index contributed by atoms with van der Waals surface area (Å²) in [5.74, 6) is 1.26. The Morgan fingerprint density at radius 1 is 1.26 bits per heavy atom. The molecule has 1 fully saturated rings. The van der Waals surface area contributed by atoms with Crippen LogP contribution in [-0.2, 0) is 0 Å². The van der Waals surface area contributed by atoms with Crippen molar-refractivity contribution in [3.8, 4) is 0 Å². The van der Waals surface area contributed by atoms with Crippen molar-refractivity contribution in [1.82, 2.24) is 4.90 Å². The van der Waals surface area contributed by atoms with E-state index in [1.165, 1.54) is 31.0 Å². The highest BCUT2D eigenvalue weighted by molar-refractivity contribution is 9.10. The molecule has 0 amide bonds. The molecule has 2 rings (SSSR count). The molecular formula is C15H23BrN2S. The third-order valence-electron chi connectivity index (χ3n) is 3.53. The van der Waals surface area contributed by atoms with E-state index in [4.69, 9.17) is 0 Å². The fourth-order valence-corrected chi connectivity index (χ4v) is 3.61. The molecule has 0 saturated carbocycles. The average Bonchev–Trinajstić information content (AvgIpc) is 2.53. The van der Waals surface area contributed by atoms with E-state index >= 15 is 0 Å². The van der Waals surface area contributed by atoms with Crippen molar-refractivity contribution in [1.29, 1.82) is 0 Å². The first-order valence-corrected chi connectivity index (χ1v) is 8.69. The maximum absolute atomic E-state index is 3.49. The highest BCUT2D eigenvalue weighted by Gasteiger charge is 2.23. The van der Waals surface area contributed by atoms with Crippen LogP contribution in [0, 0.1) is 0 Å². The second-order valence-electron chi connectivity index (χ2n) is 5.63. The molecule has 4 heteroatoms. The van der Waals surface area contributed by atoms with Crippen LogP contribution >= 0.6 is 27.7 Å². The van der Waals surface area contributed by atoms with Crippen LogP contribution in [0.3, 0.4) is 0 Å². The van der Waals surface area contributed by atoms with Crippen LogP contribution in [-0.4, -0.2) is 41.6 Å². The van der Waals surface area contributed by atoms with E-state index in [2.05, 4.69) is 76.0 Å². The van der Waals surface area contributed by atoms with Crippen molar-refractivity contribution in [2.45, 2.75) is 25.0 Å². The number of benzene rings is 1. The summed E-state index contributed by atoms with van der Waals surface area (Å²) < 4.78 is 1.58. The largest absolute Gasteiger partial charge is 0.384 e. The van der Waals surface area contributed by atoms with Gasteiger partial charge >= 0.3 is 0 Å². The summed E-state index contributed by atoms with van der Waals surface area (Å²) in [6, 6.07) is 8.39. The lowest BCUT2D eigenvalue weighted by molar-refractivity contribution is 0.295. The zero-order valence-corrected chi connectivity index (χ0v) is 14.2. The molecule has 1 heterocycles. The molecule has 0 bridgehead atoms. The van der Waals surface area contributed by atoms with Gasteiger partial charge in [0, 0.05) is 40.3 Å². The number of halogens is 1. The lowest BCUT2D eigenvalue weighted by atomic mass is 10.1. The van der Waals surface area contributed by atoms with Crippen molar-refractivity contribution in [2.24, 2.45) is 0 Å². The highest BCUT2D eigenvalue weighted by atomic mass is 79.9. The molecule has 0 atom stereocenters. The van der Waals surface area contributed by atoms with Gasteiger partial charge in [0.15, 0.2) is 0 Å². The molecule has 0 unspecified atom stereocenters. The smallest absolute Gasteiger partial charge is 0.0341 e. The van der Waals surface area contributed by atoms with E-state index in [0.29, 0.717) is 4.75 Å². The lowest BCUT2D eigenvalue weighted by Gasteiger charge is -2.22. The van der Waals surface area contributed by atoms with E-state index in [-0.39, 0.29) is 0 Å².